The Kier molecular flexibility index (Phi) is 6.96. The predicted molar refractivity (Wildman–Crippen MR) is 89.4 cm³/mol. The van der Waals surface area contributed by atoms with Gasteiger partial charge in [0.25, 0.3) is 0 Å². The normalized spacial score (nSPS) is 10.6. The van der Waals surface area contributed by atoms with Gasteiger partial charge in [-0.05, 0) is 42.8 Å². The molecule has 0 amide bonds. The van der Waals surface area contributed by atoms with Crippen molar-refractivity contribution < 1.29 is 34.2 Å². The largest absolute Gasteiger partial charge is 0.744 e. The van der Waals surface area contributed by atoms with E-state index >= 15 is 0 Å². The molecule has 0 aliphatic heterocycles. The Balaban J connectivity index is 0.000000177. The van der Waals surface area contributed by atoms with Crippen LogP contribution in [-0.2, 0) is 10.1 Å². The first-order valence-electron chi connectivity index (χ1n) is 7.23. The molecule has 3 aromatic carbocycles. The summed E-state index contributed by atoms with van der Waals surface area (Å²) >= 11 is 0.0287. The second-order valence-corrected chi connectivity index (χ2v) is 9.28. The van der Waals surface area contributed by atoms with Gasteiger partial charge in [0, 0.05) is 0 Å². The Bertz CT molecular complexity index is 826. The average molecular weight is 452 g/mol. The highest BCUT2D eigenvalue weighted by Crippen LogP contribution is 2.12. The summed E-state index contributed by atoms with van der Waals surface area (Å²) in [6.45, 7) is 1.59. The van der Waals surface area contributed by atoms with Gasteiger partial charge in [-0.2, -0.15) is 0 Å². The standard InChI is InChI=1S/C12H10I.C7H8O3S/c1-3-7-11(8-4-1)13-12-9-5-2-6-10-12;1-6-4-2-3-5-7(6)11(8,9)10/h1-10H;2-5H,1H3,(H,8,9,10)/q+1;/p-1. The van der Waals surface area contributed by atoms with E-state index in [1.807, 2.05) is 0 Å². The summed E-state index contributed by atoms with van der Waals surface area (Å²) in [6, 6.07) is 27.5. The molecule has 3 aromatic rings. The molecule has 0 bridgehead atoms. The Morgan fingerprint density at radius 1 is 0.708 bits per heavy atom. The second kappa shape index (κ2) is 8.96. The fourth-order valence-corrected chi connectivity index (χ4v) is 4.89. The van der Waals surface area contributed by atoms with E-state index < -0.39 is 10.1 Å². The average Bonchev–Trinajstić information content (AvgIpc) is 2.57. The van der Waals surface area contributed by atoms with Gasteiger partial charge in [-0.15, -0.1) is 0 Å². The Morgan fingerprint density at radius 2 is 1.12 bits per heavy atom. The summed E-state index contributed by atoms with van der Waals surface area (Å²) in [7, 11) is -4.28. The van der Waals surface area contributed by atoms with Gasteiger partial charge in [-0.25, -0.2) is 8.42 Å². The lowest BCUT2D eigenvalue weighted by atomic mass is 10.2. The van der Waals surface area contributed by atoms with E-state index in [1.54, 1.807) is 19.1 Å². The summed E-state index contributed by atoms with van der Waals surface area (Å²) in [5, 5.41) is 0. The third kappa shape index (κ3) is 6.07. The molecule has 0 N–H and O–H groups in total. The molecule has 0 unspecified atom stereocenters. The second-order valence-electron chi connectivity index (χ2n) is 4.91. The molecule has 0 spiro atoms. The van der Waals surface area contributed by atoms with Crippen LogP contribution in [0.1, 0.15) is 5.56 Å². The lowest BCUT2D eigenvalue weighted by Crippen LogP contribution is -3.61. The van der Waals surface area contributed by atoms with Gasteiger partial charge >= 0.3 is 21.2 Å². The maximum absolute atomic E-state index is 10.5. The van der Waals surface area contributed by atoms with Crippen molar-refractivity contribution in [3.63, 3.8) is 0 Å². The molecule has 24 heavy (non-hydrogen) atoms. The van der Waals surface area contributed by atoms with Crippen LogP contribution in [0.2, 0.25) is 0 Å². The summed E-state index contributed by atoms with van der Waals surface area (Å²) in [4.78, 5) is -0.139. The Hall–Kier alpha value is -1.70. The lowest BCUT2D eigenvalue weighted by Gasteiger charge is -2.08. The minimum Gasteiger partial charge on any atom is -0.744 e. The van der Waals surface area contributed by atoms with E-state index in [4.69, 9.17) is 0 Å². The molecule has 0 heterocycles. The third-order valence-corrected chi connectivity index (χ3v) is 6.73. The number of hydrogen-bond donors (Lipinski definition) is 0. The Morgan fingerprint density at radius 3 is 1.50 bits per heavy atom. The first kappa shape index (κ1) is 18.6. The van der Waals surface area contributed by atoms with Gasteiger partial charge in [0.1, 0.15) is 10.1 Å². The highest BCUT2D eigenvalue weighted by Gasteiger charge is 2.12. The summed E-state index contributed by atoms with van der Waals surface area (Å²) in [5.41, 5.74) is 0.488. The van der Waals surface area contributed by atoms with Gasteiger partial charge in [0.15, 0.2) is 7.14 Å². The number of aryl methyl sites for hydroxylation is 1. The van der Waals surface area contributed by atoms with Crippen LogP contribution in [0.25, 0.3) is 0 Å². The molecule has 0 aliphatic carbocycles. The van der Waals surface area contributed by atoms with Gasteiger partial charge in [-0.1, -0.05) is 54.6 Å². The van der Waals surface area contributed by atoms with Gasteiger partial charge in [0.05, 0.1) is 4.90 Å². The fraction of sp³-hybridized carbons (Fsp3) is 0.0526. The molecular weight excluding hydrogens is 435 g/mol. The fourth-order valence-electron chi connectivity index (χ4n) is 1.92. The topological polar surface area (TPSA) is 57.2 Å². The van der Waals surface area contributed by atoms with Crippen molar-refractivity contribution in [3.8, 4) is 0 Å². The molecule has 0 saturated heterocycles. The monoisotopic (exact) mass is 452 g/mol. The Labute approximate surface area is 153 Å². The van der Waals surface area contributed by atoms with Crippen molar-refractivity contribution >= 4 is 10.1 Å². The highest BCUT2D eigenvalue weighted by atomic mass is 127. The molecule has 5 heteroatoms. The van der Waals surface area contributed by atoms with Gasteiger partial charge in [0.2, 0.25) is 0 Å². The molecule has 0 atom stereocenters. The molecule has 3 nitrogen and oxygen atoms in total. The number of benzene rings is 3. The third-order valence-electron chi connectivity index (χ3n) is 3.05. The molecule has 0 aliphatic rings. The van der Waals surface area contributed by atoms with Gasteiger partial charge in [-0.3, -0.25) is 0 Å². The van der Waals surface area contributed by atoms with E-state index in [0.29, 0.717) is 5.56 Å². The summed E-state index contributed by atoms with van der Waals surface area (Å²) < 4.78 is 34.5. The van der Waals surface area contributed by atoms with Crippen LogP contribution in [0.15, 0.2) is 89.8 Å². The smallest absolute Gasteiger partial charge is 0.357 e. The molecule has 0 saturated carbocycles. The lowest BCUT2D eigenvalue weighted by molar-refractivity contribution is -0.597. The molecule has 0 fully saturated rings. The molecule has 3 rings (SSSR count). The van der Waals surface area contributed by atoms with Crippen LogP contribution in [0.3, 0.4) is 0 Å². The zero-order valence-electron chi connectivity index (χ0n) is 13.1. The quantitative estimate of drug-likeness (QED) is 0.435. The van der Waals surface area contributed by atoms with Crippen LogP contribution in [0.5, 0.6) is 0 Å². The van der Waals surface area contributed by atoms with Crippen molar-refractivity contribution in [2.45, 2.75) is 11.8 Å². The minimum atomic E-state index is -4.28. The van der Waals surface area contributed by atoms with E-state index in [-0.39, 0.29) is 26.1 Å². The number of rotatable bonds is 3. The van der Waals surface area contributed by atoms with Crippen LogP contribution >= 0.6 is 0 Å². The molecular formula is C19H17IO3S. The first-order chi connectivity index (χ1) is 11.5. The summed E-state index contributed by atoms with van der Waals surface area (Å²) in [5.74, 6) is 0. The van der Waals surface area contributed by atoms with Crippen molar-refractivity contribution in [1.82, 2.24) is 0 Å². The van der Waals surface area contributed by atoms with Crippen LogP contribution in [0.4, 0.5) is 0 Å². The number of halogens is 1. The first-order valence-corrected chi connectivity index (χ1v) is 10.8. The molecule has 0 radical (unpaired) electrons. The maximum atomic E-state index is 10.5. The maximum Gasteiger partial charge on any atom is 0.357 e. The van der Waals surface area contributed by atoms with Crippen molar-refractivity contribution in [2.24, 2.45) is 0 Å². The van der Waals surface area contributed by atoms with E-state index in [0.717, 1.165) is 0 Å². The predicted octanol–water partition coefficient (Wildman–Crippen LogP) is 0.714. The number of hydrogen-bond acceptors (Lipinski definition) is 3. The zero-order valence-corrected chi connectivity index (χ0v) is 16.1. The zero-order chi connectivity index (χ0) is 17.4. The van der Waals surface area contributed by atoms with Crippen LogP contribution < -0.4 is 21.2 Å². The molecule has 0 aromatic heterocycles. The highest BCUT2D eigenvalue weighted by molar-refractivity contribution is 7.85. The van der Waals surface area contributed by atoms with Gasteiger partial charge < -0.3 is 4.55 Å². The summed E-state index contributed by atoms with van der Waals surface area (Å²) in [6.07, 6.45) is 0. The minimum absolute atomic E-state index is 0.0287. The van der Waals surface area contributed by atoms with Crippen molar-refractivity contribution in [1.29, 1.82) is 0 Å². The SMILES string of the molecule is Cc1ccccc1S(=O)(=O)[O-].c1ccc([I+]c2ccccc2)cc1. The van der Waals surface area contributed by atoms with Crippen LogP contribution in [0, 0.1) is 14.1 Å². The van der Waals surface area contributed by atoms with E-state index in [9.17, 15) is 13.0 Å². The van der Waals surface area contributed by atoms with Crippen molar-refractivity contribution in [2.75, 3.05) is 0 Å². The van der Waals surface area contributed by atoms with E-state index in [1.165, 1.54) is 19.3 Å². The van der Waals surface area contributed by atoms with Crippen molar-refractivity contribution in [3.05, 3.63) is 97.6 Å². The molecule has 124 valence electrons. The van der Waals surface area contributed by atoms with Crippen LogP contribution in [-0.4, -0.2) is 13.0 Å². The van der Waals surface area contributed by atoms with E-state index in [2.05, 4.69) is 60.7 Å².